The molecule has 3 heterocycles. The minimum atomic E-state index is -0.211. The molecule has 1 aromatic heterocycles. The molecule has 1 atom stereocenters. The van der Waals surface area contributed by atoms with Crippen molar-refractivity contribution < 1.29 is 14.4 Å². The second-order valence-corrected chi connectivity index (χ2v) is 10.3. The van der Waals surface area contributed by atoms with E-state index in [2.05, 4.69) is 33.0 Å². The van der Waals surface area contributed by atoms with Crippen molar-refractivity contribution in [2.75, 3.05) is 19.6 Å². The number of amides is 3. The lowest BCUT2D eigenvalue weighted by Crippen LogP contribution is -2.56. The Morgan fingerprint density at radius 1 is 1.03 bits per heavy atom. The Morgan fingerprint density at radius 3 is 2.51 bits per heavy atom. The van der Waals surface area contributed by atoms with Crippen LogP contribution in [0.25, 0.3) is 22.0 Å². The predicted octanol–water partition coefficient (Wildman–Crippen LogP) is 2.87. The summed E-state index contributed by atoms with van der Waals surface area (Å²) in [6.07, 6.45) is 4.08. The summed E-state index contributed by atoms with van der Waals surface area (Å²) in [5, 5.41) is 14.1. The van der Waals surface area contributed by atoms with Crippen molar-refractivity contribution >= 4 is 28.6 Å². The zero-order valence-electron chi connectivity index (χ0n) is 19.5. The standard InChI is InChI=1S/C27H29N5O3/c33-23-13-19(16-28-23)26(35)32-10-8-27(9-11-32)14-20(15-27)29-25(34)24-21-7-6-18(12-22(21)30-31-24)17-4-2-1-3-5-17/h1-7,12,19-20H,8-11,13-16H2,(H,28,33)(H,29,34)(H,30,31). The van der Waals surface area contributed by atoms with Crippen LogP contribution in [0.1, 0.15) is 42.6 Å². The molecule has 1 spiro atoms. The number of piperidine rings is 1. The van der Waals surface area contributed by atoms with E-state index in [1.165, 1.54) is 0 Å². The van der Waals surface area contributed by atoms with Crippen LogP contribution in [0.4, 0.5) is 0 Å². The van der Waals surface area contributed by atoms with Crippen molar-refractivity contribution in [1.82, 2.24) is 25.7 Å². The Bertz CT molecular complexity index is 1280. The van der Waals surface area contributed by atoms with E-state index in [9.17, 15) is 14.4 Å². The highest BCUT2D eigenvalue weighted by Crippen LogP contribution is 2.49. The SMILES string of the molecule is O=C1CC(C(=O)N2CCC3(CC2)CC(NC(=O)c2n[nH]c4cc(-c5ccccc5)ccc24)C3)CN1. The number of H-pyrrole nitrogens is 1. The summed E-state index contributed by atoms with van der Waals surface area (Å²) >= 11 is 0. The highest BCUT2D eigenvalue weighted by atomic mass is 16.2. The first kappa shape index (κ1) is 21.8. The minimum absolute atomic E-state index is 0.0317. The number of likely N-dealkylation sites (tertiary alicyclic amines) is 1. The number of benzene rings is 2. The fraction of sp³-hybridized carbons (Fsp3) is 0.407. The average molecular weight is 472 g/mol. The molecule has 1 saturated carbocycles. The summed E-state index contributed by atoms with van der Waals surface area (Å²) < 4.78 is 0. The molecule has 8 heteroatoms. The number of aromatic amines is 1. The Morgan fingerprint density at radius 2 is 1.80 bits per heavy atom. The quantitative estimate of drug-likeness (QED) is 0.544. The molecule has 0 bridgehead atoms. The van der Waals surface area contributed by atoms with Gasteiger partial charge in [-0.3, -0.25) is 19.5 Å². The number of hydrogen-bond donors (Lipinski definition) is 3. The molecule has 1 unspecified atom stereocenters. The molecule has 0 radical (unpaired) electrons. The van der Waals surface area contributed by atoms with Crippen LogP contribution in [-0.4, -0.2) is 58.5 Å². The van der Waals surface area contributed by atoms with Gasteiger partial charge in [0.05, 0.1) is 11.4 Å². The largest absolute Gasteiger partial charge is 0.355 e. The third-order valence-electron chi connectivity index (χ3n) is 8.04. The van der Waals surface area contributed by atoms with Gasteiger partial charge in [-0.25, -0.2) is 0 Å². The molecule has 6 rings (SSSR count). The molecule has 3 aliphatic rings. The summed E-state index contributed by atoms with van der Waals surface area (Å²) in [5.74, 6) is -0.286. The van der Waals surface area contributed by atoms with E-state index < -0.39 is 0 Å². The molecule has 8 nitrogen and oxygen atoms in total. The zero-order chi connectivity index (χ0) is 24.0. The molecule has 3 fully saturated rings. The van der Waals surface area contributed by atoms with Crippen LogP contribution in [0, 0.1) is 11.3 Å². The number of fused-ring (bicyclic) bond motifs is 1. The molecular weight excluding hydrogens is 442 g/mol. The monoisotopic (exact) mass is 471 g/mol. The lowest BCUT2D eigenvalue weighted by molar-refractivity contribution is -0.139. The number of carbonyl (C=O) groups is 3. The van der Waals surface area contributed by atoms with Crippen molar-refractivity contribution in [3.05, 3.63) is 54.2 Å². The van der Waals surface area contributed by atoms with Crippen molar-refractivity contribution in [2.45, 2.75) is 38.1 Å². The van der Waals surface area contributed by atoms with Crippen LogP contribution in [-0.2, 0) is 9.59 Å². The molecular formula is C27H29N5O3. The number of nitrogens with one attached hydrogen (secondary N) is 3. The van der Waals surface area contributed by atoms with Crippen LogP contribution in [0.3, 0.4) is 0 Å². The second kappa shape index (κ2) is 8.52. The first-order chi connectivity index (χ1) is 17.0. The van der Waals surface area contributed by atoms with Gasteiger partial charge in [-0.05, 0) is 54.4 Å². The van der Waals surface area contributed by atoms with Gasteiger partial charge in [0.1, 0.15) is 0 Å². The Labute approximate surface area is 203 Å². The summed E-state index contributed by atoms with van der Waals surface area (Å²) in [7, 11) is 0. The van der Waals surface area contributed by atoms with Gasteiger partial charge in [-0.2, -0.15) is 5.10 Å². The van der Waals surface area contributed by atoms with Gasteiger partial charge in [0.25, 0.3) is 5.91 Å². The molecule has 3 amide bonds. The molecule has 1 aliphatic carbocycles. The number of carbonyl (C=O) groups excluding carboxylic acids is 3. The lowest BCUT2D eigenvalue weighted by Gasteiger charge is -2.52. The molecule has 3 N–H and O–H groups in total. The van der Waals surface area contributed by atoms with Gasteiger partial charge < -0.3 is 15.5 Å². The van der Waals surface area contributed by atoms with E-state index in [0.717, 1.165) is 60.8 Å². The smallest absolute Gasteiger partial charge is 0.272 e. The molecule has 2 aliphatic heterocycles. The number of aromatic nitrogens is 2. The van der Waals surface area contributed by atoms with E-state index >= 15 is 0 Å². The molecule has 2 saturated heterocycles. The maximum atomic E-state index is 13.0. The third-order valence-corrected chi connectivity index (χ3v) is 8.04. The fourth-order valence-electron chi connectivity index (χ4n) is 5.99. The predicted molar refractivity (Wildman–Crippen MR) is 131 cm³/mol. The van der Waals surface area contributed by atoms with Gasteiger partial charge in [0.15, 0.2) is 5.69 Å². The van der Waals surface area contributed by atoms with Crippen LogP contribution < -0.4 is 10.6 Å². The molecule has 180 valence electrons. The summed E-state index contributed by atoms with van der Waals surface area (Å²) in [4.78, 5) is 39.0. The minimum Gasteiger partial charge on any atom is -0.355 e. The maximum Gasteiger partial charge on any atom is 0.272 e. The van der Waals surface area contributed by atoms with E-state index in [1.807, 2.05) is 41.3 Å². The van der Waals surface area contributed by atoms with Crippen molar-refractivity contribution in [2.24, 2.45) is 11.3 Å². The zero-order valence-corrected chi connectivity index (χ0v) is 19.5. The summed E-state index contributed by atoms with van der Waals surface area (Å²) in [5.41, 5.74) is 3.68. The van der Waals surface area contributed by atoms with Crippen LogP contribution in [0.2, 0.25) is 0 Å². The third kappa shape index (κ3) is 4.07. The Hall–Kier alpha value is -3.68. The first-order valence-electron chi connectivity index (χ1n) is 12.4. The van der Waals surface area contributed by atoms with E-state index in [-0.39, 0.29) is 35.1 Å². The normalized spacial score (nSPS) is 21.7. The van der Waals surface area contributed by atoms with Crippen molar-refractivity contribution in [1.29, 1.82) is 0 Å². The second-order valence-electron chi connectivity index (χ2n) is 10.3. The van der Waals surface area contributed by atoms with Gasteiger partial charge in [-0.1, -0.05) is 36.4 Å². The maximum absolute atomic E-state index is 13.0. The van der Waals surface area contributed by atoms with Crippen molar-refractivity contribution in [3.63, 3.8) is 0 Å². The fourth-order valence-corrected chi connectivity index (χ4v) is 5.99. The number of nitrogens with zero attached hydrogens (tertiary/aromatic N) is 2. The van der Waals surface area contributed by atoms with Gasteiger partial charge in [0, 0.05) is 37.5 Å². The Balaban J connectivity index is 1.04. The summed E-state index contributed by atoms with van der Waals surface area (Å²) in [6.45, 7) is 1.93. The number of rotatable bonds is 4. The highest BCUT2D eigenvalue weighted by molar-refractivity contribution is 6.05. The summed E-state index contributed by atoms with van der Waals surface area (Å²) in [6, 6.07) is 16.3. The number of hydrogen-bond acceptors (Lipinski definition) is 4. The van der Waals surface area contributed by atoms with E-state index in [4.69, 9.17) is 0 Å². The van der Waals surface area contributed by atoms with Crippen LogP contribution in [0.5, 0.6) is 0 Å². The molecule has 2 aromatic carbocycles. The van der Waals surface area contributed by atoms with E-state index in [0.29, 0.717) is 18.7 Å². The van der Waals surface area contributed by atoms with Gasteiger partial charge in [-0.15, -0.1) is 0 Å². The van der Waals surface area contributed by atoms with Crippen LogP contribution >= 0.6 is 0 Å². The average Bonchev–Trinajstić information content (AvgIpc) is 3.49. The molecule has 35 heavy (non-hydrogen) atoms. The molecule has 3 aromatic rings. The van der Waals surface area contributed by atoms with Crippen molar-refractivity contribution in [3.8, 4) is 11.1 Å². The van der Waals surface area contributed by atoms with Crippen LogP contribution in [0.15, 0.2) is 48.5 Å². The highest BCUT2D eigenvalue weighted by Gasteiger charge is 2.47. The van der Waals surface area contributed by atoms with Gasteiger partial charge in [0.2, 0.25) is 11.8 Å². The lowest BCUT2D eigenvalue weighted by atomic mass is 9.60. The van der Waals surface area contributed by atoms with E-state index in [1.54, 1.807) is 0 Å². The van der Waals surface area contributed by atoms with Gasteiger partial charge >= 0.3 is 0 Å². The first-order valence-corrected chi connectivity index (χ1v) is 12.4. The Kier molecular flexibility index (Phi) is 5.31. The topological polar surface area (TPSA) is 107 Å².